The van der Waals surface area contributed by atoms with Gasteiger partial charge in [-0.2, -0.15) is 0 Å². The molecule has 0 saturated heterocycles. The summed E-state index contributed by atoms with van der Waals surface area (Å²) in [7, 11) is 0. The summed E-state index contributed by atoms with van der Waals surface area (Å²) in [5, 5.41) is 7.80. The maximum Gasteiger partial charge on any atom is 0.338 e. The second kappa shape index (κ2) is 15.3. The molecule has 44 heavy (non-hydrogen) atoms. The summed E-state index contributed by atoms with van der Waals surface area (Å²) in [6, 6.07) is 27.4. The van der Waals surface area contributed by atoms with E-state index in [4.69, 9.17) is 4.74 Å². The van der Waals surface area contributed by atoms with E-state index < -0.39 is 28.9 Å². The molecule has 0 spiro atoms. The summed E-state index contributed by atoms with van der Waals surface area (Å²) in [5.41, 5.74) is 2.30. The van der Waals surface area contributed by atoms with Gasteiger partial charge in [-0.05, 0) is 98.3 Å². The maximum atomic E-state index is 13.4. The lowest BCUT2D eigenvalue weighted by Gasteiger charge is -2.14. The van der Waals surface area contributed by atoms with E-state index in [1.165, 1.54) is 42.1 Å². The van der Waals surface area contributed by atoms with Gasteiger partial charge >= 0.3 is 5.97 Å². The van der Waals surface area contributed by atoms with Crippen LogP contribution in [-0.4, -0.2) is 35.5 Å². The van der Waals surface area contributed by atoms with E-state index in [1.54, 1.807) is 92.7 Å². The topological polar surface area (TPSA) is 114 Å². The number of ether oxygens (including phenoxy) is 1. The molecule has 8 nitrogen and oxygen atoms in total. The van der Waals surface area contributed by atoms with E-state index in [2.05, 4.69) is 16.0 Å². The minimum atomic E-state index is -0.569. The molecule has 0 aliphatic rings. The Morgan fingerprint density at radius 1 is 0.795 bits per heavy atom. The van der Waals surface area contributed by atoms with Crippen LogP contribution < -0.4 is 16.0 Å². The van der Waals surface area contributed by atoms with Crippen LogP contribution in [0.5, 0.6) is 0 Å². The summed E-state index contributed by atoms with van der Waals surface area (Å²) in [6.07, 6.45) is 1.46. The number of carbonyl (C=O) groups excluding carboxylic acids is 4. The fraction of sp³-hybridized carbons (Fsp3) is 0.118. The van der Waals surface area contributed by atoms with Gasteiger partial charge in [-0.15, -0.1) is 11.8 Å². The van der Waals surface area contributed by atoms with E-state index in [9.17, 15) is 23.6 Å². The number of rotatable bonds is 11. The van der Waals surface area contributed by atoms with E-state index in [-0.39, 0.29) is 18.2 Å². The van der Waals surface area contributed by atoms with Crippen molar-refractivity contribution in [2.24, 2.45) is 0 Å². The first-order chi connectivity index (χ1) is 21.2. The average molecular weight is 612 g/mol. The highest BCUT2D eigenvalue weighted by Gasteiger charge is 2.17. The highest BCUT2D eigenvalue weighted by atomic mass is 32.2. The lowest BCUT2D eigenvalue weighted by atomic mass is 10.1. The van der Waals surface area contributed by atoms with Crippen LogP contribution in [0.3, 0.4) is 0 Å². The highest BCUT2D eigenvalue weighted by Crippen LogP contribution is 2.26. The summed E-state index contributed by atoms with van der Waals surface area (Å²) in [6.45, 7) is 3.78. The molecule has 0 fully saturated rings. The van der Waals surface area contributed by atoms with Gasteiger partial charge in [0.1, 0.15) is 11.5 Å². The molecule has 0 aliphatic heterocycles. The van der Waals surface area contributed by atoms with Gasteiger partial charge in [0.25, 0.3) is 11.8 Å². The maximum absolute atomic E-state index is 13.4. The Hall–Kier alpha value is -5.22. The Balaban J connectivity index is 1.38. The van der Waals surface area contributed by atoms with Gasteiger partial charge in [-0.3, -0.25) is 14.4 Å². The predicted octanol–water partition coefficient (Wildman–Crippen LogP) is 6.53. The van der Waals surface area contributed by atoms with Crippen LogP contribution in [0.25, 0.3) is 6.08 Å². The first-order valence-electron chi connectivity index (χ1n) is 13.7. The van der Waals surface area contributed by atoms with Gasteiger partial charge in [-0.25, -0.2) is 9.18 Å². The van der Waals surface area contributed by atoms with E-state index >= 15 is 0 Å². The summed E-state index contributed by atoms with van der Waals surface area (Å²) in [5.74, 6) is -2.10. The molecule has 0 aromatic heterocycles. The van der Waals surface area contributed by atoms with Crippen molar-refractivity contribution in [2.75, 3.05) is 17.2 Å². The average Bonchev–Trinajstić information content (AvgIpc) is 3.03. The molecule has 10 heteroatoms. The third-order valence-corrected chi connectivity index (χ3v) is 7.28. The summed E-state index contributed by atoms with van der Waals surface area (Å²) in [4.78, 5) is 51.4. The fourth-order valence-electron chi connectivity index (χ4n) is 3.89. The first-order valence-corrected chi connectivity index (χ1v) is 14.6. The molecule has 0 aliphatic carbocycles. The molecule has 4 aromatic rings. The Kier molecular flexibility index (Phi) is 11.0. The third kappa shape index (κ3) is 9.14. The monoisotopic (exact) mass is 611 g/mol. The van der Waals surface area contributed by atoms with Crippen LogP contribution in [0.15, 0.2) is 114 Å². The Morgan fingerprint density at radius 3 is 2.05 bits per heavy atom. The summed E-state index contributed by atoms with van der Waals surface area (Å²) < 4.78 is 18.4. The lowest BCUT2D eigenvalue weighted by molar-refractivity contribution is -0.115. The summed E-state index contributed by atoms with van der Waals surface area (Å²) >= 11 is 1.33. The number of thioether (sulfide) groups is 1. The van der Waals surface area contributed by atoms with Crippen LogP contribution in [0.4, 0.5) is 15.8 Å². The molecule has 0 saturated carbocycles. The van der Waals surface area contributed by atoms with Crippen molar-refractivity contribution in [3.63, 3.8) is 0 Å². The Bertz CT molecular complexity index is 1640. The van der Waals surface area contributed by atoms with Gasteiger partial charge < -0.3 is 20.7 Å². The Morgan fingerprint density at radius 2 is 1.41 bits per heavy atom. The number of carbonyl (C=O) groups is 4. The van der Waals surface area contributed by atoms with Crippen molar-refractivity contribution < 1.29 is 28.3 Å². The number of hydrogen-bond donors (Lipinski definition) is 3. The van der Waals surface area contributed by atoms with Crippen LogP contribution in [0.2, 0.25) is 0 Å². The normalized spacial score (nSPS) is 11.7. The van der Waals surface area contributed by atoms with Crippen molar-refractivity contribution in [1.82, 2.24) is 5.32 Å². The molecule has 0 radical (unpaired) electrons. The van der Waals surface area contributed by atoms with Gasteiger partial charge in [-0.1, -0.05) is 30.3 Å². The van der Waals surface area contributed by atoms with Crippen LogP contribution in [0, 0.1) is 5.82 Å². The molecule has 224 valence electrons. The zero-order chi connectivity index (χ0) is 31.5. The number of esters is 1. The number of amides is 3. The van der Waals surface area contributed by atoms with Crippen molar-refractivity contribution in [3.05, 3.63) is 131 Å². The number of hydrogen-bond acceptors (Lipinski definition) is 6. The van der Waals surface area contributed by atoms with E-state index in [1.807, 2.05) is 0 Å². The number of anilines is 2. The first kappa shape index (κ1) is 31.7. The predicted molar refractivity (Wildman–Crippen MR) is 170 cm³/mol. The minimum Gasteiger partial charge on any atom is -0.462 e. The number of benzene rings is 4. The lowest BCUT2D eigenvalue weighted by Crippen LogP contribution is -2.30. The second-order valence-corrected chi connectivity index (χ2v) is 10.9. The number of halogens is 1. The van der Waals surface area contributed by atoms with Gasteiger partial charge in [0.15, 0.2) is 0 Å². The Labute approximate surface area is 258 Å². The molecule has 0 heterocycles. The minimum absolute atomic E-state index is 0.0236. The molecular weight excluding hydrogens is 581 g/mol. The standard InChI is InChI=1S/C34H30FN3O5S/c1-3-43-34(42)25-11-15-27(16-12-25)36-31(39)22(2)44-29-19-17-28(18-20-29)37-33(41)30(21-23-9-13-26(35)14-10-23)38-32(40)24-7-5-4-6-8-24/h4-22H,3H2,1-2H3,(H,36,39)(H,37,41)(H,38,40)/b30-21-. The van der Waals surface area contributed by atoms with E-state index in [0.29, 0.717) is 28.1 Å². The van der Waals surface area contributed by atoms with Crippen molar-refractivity contribution >= 4 is 52.9 Å². The molecule has 3 N–H and O–H groups in total. The quantitative estimate of drug-likeness (QED) is 0.101. The fourth-order valence-corrected chi connectivity index (χ4v) is 4.76. The zero-order valence-electron chi connectivity index (χ0n) is 24.0. The molecule has 3 amide bonds. The van der Waals surface area contributed by atoms with Gasteiger partial charge in [0.05, 0.1) is 17.4 Å². The van der Waals surface area contributed by atoms with Crippen molar-refractivity contribution in [2.45, 2.75) is 24.0 Å². The zero-order valence-corrected chi connectivity index (χ0v) is 24.8. The van der Waals surface area contributed by atoms with Crippen molar-refractivity contribution in [3.8, 4) is 0 Å². The van der Waals surface area contributed by atoms with Crippen LogP contribution >= 0.6 is 11.8 Å². The van der Waals surface area contributed by atoms with Crippen molar-refractivity contribution in [1.29, 1.82) is 0 Å². The molecule has 1 atom stereocenters. The SMILES string of the molecule is CCOC(=O)c1ccc(NC(=O)C(C)Sc2ccc(NC(=O)/C(=C/c3ccc(F)cc3)NC(=O)c3ccccc3)cc2)cc1. The smallest absolute Gasteiger partial charge is 0.338 e. The number of nitrogens with one attached hydrogen (secondary N) is 3. The van der Waals surface area contributed by atoms with Crippen LogP contribution in [0.1, 0.15) is 40.1 Å². The molecule has 4 rings (SSSR count). The second-order valence-electron chi connectivity index (χ2n) is 9.46. The molecule has 0 bridgehead atoms. The highest BCUT2D eigenvalue weighted by molar-refractivity contribution is 8.00. The molecular formula is C34H30FN3O5S. The van der Waals surface area contributed by atoms with E-state index in [0.717, 1.165) is 4.90 Å². The largest absolute Gasteiger partial charge is 0.462 e. The van der Waals surface area contributed by atoms with Gasteiger partial charge in [0.2, 0.25) is 5.91 Å². The third-order valence-electron chi connectivity index (χ3n) is 6.17. The molecule has 4 aromatic carbocycles. The van der Waals surface area contributed by atoms with Gasteiger partial charge in [0, 0.05) is 21.8 Å². The molecule has 1 unspecified atom stereocenters. The van der Waals surface area contributed by atoms with Crippen LogP contribution in [-0.2, 0) is 14.3 Å².